The van der Waals surface area contributed by atoms with E-state index in [1.54, 1.807) is 25.5 Å². The highest BCUT2D eigenvalue weighted by Gasteiger charge is 2.09. The zero-order valence-electron chi connectivity index (χ0n) is 16.2. The number of para-hydroxylation sites is 1. The summed E-state index contributed by atoms with van der Waals surface area (Å²) in [6, 6.07) is 16.0. The van der Waals surface area contributed by atoms with Crippen molar-refractivity contribution in [1.29, 1.82) is 0 Å². The maximum absolute atomic E-state index is 13.2. The Balaban J connectivity index is 0.00000300. The van der Waals surface area contributed by atoms with Crippen molar-refractivity contribution in [3.05, 3.63) is 72.6 Å². The van der Waals surface area contributed by atoms with Crippen molar-refractivity contribution in [2.24, 2.45) is 4.99 Å². The highest BCUT2D eigenvalue weighted by molar-refractivity contribution is 14.0. The van der Waals surface area contributed by atoms with E-state index >= 15 is 0 Å². The number of rotatable bonds is 7. The first-order valence-corrected chi connectivity index (χ1v) is 8.97. The largest absolute Gasteiger partial charge is 0.489 e. The Labute approximate surface area is 186 Å². The van der Waals surface area contributed by atoms with E-state index in [-0.39, 0.29) is 35.9 Å². The maximum atomic E-state index is 13.2. The molecule has 0 saturated heterocycles. The molecule has 0 bridgehead atoms. The first kappa shape index (κ1) is 22.6. The van der Waals surface area contributed by atoms with Gasteiger partial charge in [0.25, 0.3) is 0 Å². The van der Waals surface area contributed by atoms with Crippen LogP contribution in [0.3, 0.4) is 0 Å². The van der Waals surface area contributed by atoms with E-state index in [1.807, 2.05) is 41.8 Å². The van der Waals surface area contributed by atoms with E-state index in [1.165, 1.54) is 12.1 Å². The van der Waals surface area contributed by atoms with Crippen molar-refractivity contribution in [2.75, 3.05) is 13.6 Å². The van der Waals surface area contributed by atoms with E-state index in [0.29, 0.717) is 24.8 Å². The average Bonchev–Trinajstić information content (AvgIpc) is 3.17. The van der Waals surface area contributed by atoms with Crippen LogP contribution in [0.15, 0.2) is 65.9 Å². The maximum Gasteiger partial charge on any atom is 0.191 e. The van der Waals surface area contributed by atoms with Crippen LogP contribution in [-0.2, 0) is 6.54 Å². The SMILES string of the molecule is CN=C(NCc1nncn1-c1ccccc1)NCC(C)Oc1cccc(F)c1.I. The molecule has 1 unspecified atom stereocenters. The van der Waals surface area contributed by atoms with Crippen LogP contribution >= 0.6 is 24.0 Å². The van der Waals surface area contributed by atoms with Gasteiger partial charge in [-0.1, -0.05) is 24.3 Å². The Hall–Kier alpha value is -2.69. The van der Waals surface area contributed by atoms with Crippen LogP contribution in [0.25, 0.3) is 5.69 Å². The van der Waals surface area contributed by atoms with Gasteiger partial charge in [0.05, 0.1) is 13.1 Å². The number of nitrogens with one attached hydrogen (secondary N) is 2. The summed E-state index contributed by atoms with van der Waals surface area (Å²) in [7, 11) is 1.69. The second-order valence-electron chi connectivity index (χ2n) is 6.15. The molecule has 0 aliphatic rings. The molecule has 154 valence electrons. The van der Waals surface area contributed by atoms with Crippen molar-refractivity contribution >= 4 is 29.9 Å². The van der Waals surface area contributed by atoms with Gasteiger partial charge in [0, 0.05) is 18.8 Å². The first-order chi connectivity index (χ1) is 13.7. The van der Waals surface area contributed by atoms with E-state index in [4.69, 9.17) is 4.74 Å². The molecular weight excluding hydrogens is 486 g/mol. The third kappa shape index (κ3) is 6.70. The van der Waals surface area contributed by atoms with Gasteiger partial charge in [0.15, 0.2) is 11.8 Å². The topological polar surface area (TPSA) is 76.4 Å². The standard InChI is InChI=1S/C20H23FN6O.HI/c1-15(28-18-10-6-7-16(21)11-18)12-23-20(22-2)24-13-19-26-25-14-27(19)17-8-4-3-5-9-17;/h3-11,14-15H,12-13H2,1-2H3,(H2,22,23,24);1H. The van der Waals surface area contributed by atoms with Gasteiger partial charge < -0.3 is 15.4 Å². The summed E-state index contributed by atoms with van der Waals surface area (Å²) in [6.07, 6.45) is 1.51. The summed E-state index contributed by atoms with van der Waals surface area (Å²) in [5.41, 5.74) is 0.990. The van der Waals surface area contributed by atoms with Crippen LogP contribution in [0.5, 0.6) is 5.75 Å². The predicted molar refractivity (Wildman–Crippen MR) is 121 cm³/mol. The number of nitrogens with zero attached hydrogens (tertiary/aromatic N) is 4. The summed E-state index contributed by atoms with van der Waals surface area (Å²) >= 11 is 0. The number of hydrogen-bond acceptors (Lipinski definition) is 4. The van der Waals surface area contributed by atoms with Crippen molar-refractivity contribution in [3.8, 4) is 11.4 Å². The summed E-state index contributed by atoms with van der Waals surface area (Å²) in [6.45, 7) is 2.85. The number of aliphatic imine (C=N–C) groups is 1. The summed E-state index contributed by atoms with van der Waals surface area (Å²) in [5.74, 6) is 1.54. The van der Waals surface area contributed by atoms with Gasteiger partial charge in [0.1, 0.15) is 24.0 Å². The smallest absolute Gasteiger partial charge is 0.191 e. The minimum absolute atomic E-state index is 0. The van der Waals surface area contributed by atoms with Crippen molar-refractivity contribution in [1.82, 2.24) is 25.4 Å². The molecule has 0 amide bonds. The fourth-order valence-electron chi connectivity index (χ4n) is 2.62. The van der Waals surface area contributed by atoms with Crippen LogP contribution in [-0.4, -0.2) is 40.4 Å². The molecule has 1 aromatic heterocycles. The summed E-state index contributed by atoms with van der Waals surface area (Å²) < 4.78 is 20.9. The van der Waals surface area contributed by atoms with E-state index in [0.717, 1.165) is 11.5 Å². The van der Waals surface area contributed by atoms with Gasteiger partial charge in [-0.05, 0) is 31.2 Å². The Kier molecular flexibility index (Phi) is 8.84. The second-order valence-corrected chi connectivity index (χ2v) is 6.15. The zero-order chi connectivity index (χ0) is 19.8. The predicted octanol–water partition coefficient (Wildman–Crippen LogP) is 3.16. The second kappa shape index (κ2) is 11.3. The quantitative estimate of drug-likeness (QED) is 0.290. The third-order valence-electron chi connectivity index (χ3n) is 3.98. The Bertz CT molecular complexity index is 918. The Morgan fingerprint density at radius 3 is 2.69 bits per heavy atom. The lowest BCUT2D eigenvalue weighted by Crippen LogP contribution is -2.41. The van der Waals surface area contributed by atoms with E-state index < -0.39 is 0 Å². The molecule has 3 rings (SSSR count). The number of aromatic nitrogens is 3. The molecule has 1 heterocycles. The lowest BCUT2D eigenvalue weighted by Gasteiger charge is -2.17. The molecule has 0 radical (unpaired) electrons. The number of hydrogen-bond donors (Lipinski definition) is 2. The highest BCUT2D eigenvalue weighted by atomic mass is 127. The molecule has 1 atom stereocenters. The zero-order valence-corrected chi connectivity index (χ0v) is 18.6. The molecule has 29 heavy (non-hydrogen) atoms. The fourth-order valence-corrected chi connectivity index (χ4v) is 2.62. The summed E-state index contributed by atoms with van der Waals surface area (Å²) in [5, 5.41) is 14.6. The lowest BCUT2D eigenvalue weighted by molar-refractivity contribution is 0.223. The molecule has 0 fully saturated rings. The van der Waals surface area contributed by atoms with Crippen LogP contribution < -0.4 is 15.4 Å². The molecule has 7 nitrogen and oxygen atoms in total. The molecule has 2 N–H and O–H groups in total. The third-order valence-corrected chi connectivity index (χ3v) is 3.98. The Morgan fingerprint density at radius 2 is 1.97 bits per heavy atom. The van der Waals surface area contributed by atoms with Crippen LogP contribution in [0.1, 0.15) is 12.7 Å². The molecular formula is C20H24FIN6O. The fraction of sp³-hybridized carbons (Fsp3) is 0.250. The first-order valence-electron chi connectivity index (χ1n) is 8.97. The molecule has 2 aromatic carbocycles. The number of ether oxygens (including phenoxy) is 1. The molecule has 0 aliphatic carbocycles. The molecule has 0 aliphatic heterocycles. The molecule has 9 heteroatoms. The number of halogens is 2. The summed E-state index contributed by atoms with van der Waals surface area (Å²) in [4.78, 5) is 4.20. The van der Waals surface area contributed by atoms with Crippen LogP contribution in [0.2, 0.25) is 0 Å². The van der Waals surface area contributed by atoms with Crippen molar-refractivity contribution in [3.63, 3.8) is 0 Å². The van der Waals surface area contributed by atoms with E-state index in [2.05, 4.69) is 25.8 Å². The number of guanidine groups is 1. The minimum atomic E-state index is -0.322. The lowest BCUT2D eigenvalue weighted by atomic mass is 10.3. The van der Waals surface area contributed by atoms with Crippen molar-refractivity contribution < 1.29 is 9.13 Å². The average molecular weight is 510 g/mol. The van der Waals surface area contributed by atoms with Gasteiger partial charge in [-0.15, -0.1) is 34.2 Å². The molecule has 0 spiro atoms. The van der Waals surface area contributed by atoms with Crippen molar-refractivity contribution in [2.45, 2.75) is 19.6 Å². The highest BCUT2D eigenvalue weighted by Crippen LogP contribution is 2.13. The van der Waals surface area contributed by atoms with Gasteiger partial charge >= 0.3 is 0 Å². The Morgan fingerprint density at radius 1 is 1.17 bits per heavy atom. The van der Waals surface area contributed by atoms with Gasteiger partial charge in [-0.2, -0.15) is 0 Å². The monoisotopic (exact) mass is 510 g/mol. The van der Waals surface area contributed by atoms with Crippen LogP contribution in [0, 0.1) is 5.82 Å². The normalized spacial score (nSPS) is 12.0. The van der Waals surface area contributed by atoms with Gasteiger partial charge in [-0.3, -0.25) is 9.56 Å². The van der Waals surface area contributed by atoms with Gasteiger partial charge in [0.2, 0.25) is 0 Å². The van der Waals surface area contributed by atoms with Crippen LogP contribution in [0.4, 0.5) is 4.39 Å². The molecule has 0 saturated carbocycles. The van der Waals surface area contributed by atoms with E-state index in [9.17, 15) is 4.39 Å². The van der Waals surface area contributed by atoms with Gasteiger partial charge in [-0.25, -0.2) is 4.39 Å². The minimum Gasteiger partial charge on any atom is -0.489 e. The molecule has 3 aromatic rings. The number of benzene rings is 2.